The molecule has 1 saturated heterocycles. The van der Waals surface area contributed by atoms with Crippen molar-refractivity contribution in [2.75, 3.05) is 31.2 Å². The Bertz CT molecular complexity index is 816. The van der Waals surface area contributed by atoms with Crippen LogP contribution in [0.2, 0.25) is 0 Å². The Balaban J connectivity index is 1.94. The fraction of sp³-hybridized carbons (Fsp3) is 0.263. The van der Waals surface area contributed by atoms with Crippen LogP contribution in [-0.4, -0.2) is 48.3 Å². The largest absolute Gasteiger partial charge is 0.478 e. The van der Waals surface area contributed by atoms with Gasteiger partial charge in [0.15, 0.2) is 0 Å². The van der Waals surface area contributed by atoms with E-state index in [2.05, 4.69) is 0 Å². The number of hydrogen-bond acceptors (Lipinski definition) is 3. The lowest BCUT2D eigenvalue weighted by Crippen LogP contribution is -2.48. The predicted octanol–water partition coefficient (Wildman–Crippen LogP) is 3.12. The standard InChI is InChI=1S/C19H18F2N2O4/c20-16-10-13(18(24)25)11-17(21)15(16)12-23(14-4-2-1-3-5-14)19(26)22-6-8-27-9-7-22/h1-5,10-11H,6-9,12H2,(H,24,25). The van der Waals surface area contributed by atoms with Crippen LogP contribution in [0.15, 0.2) is 42.5 Å². The number of rotatable bonds is 4. The number of carboxylic acid groups (broad SMARTS) is 1. The van der Waals surface area contributed by atoms with Crippen LogP contribution in [0.5, 0.6) is 0 Å². The second-order valence-electron chi connectivity index (χ2n) is 6.03. The lowest BCUT2D eigenvalue weighted by atomic mass is 10.1. The first-order chi connectivity index (χ1) is 13.0. The van der Waals surface area contributed by atoms with Gasteiger partial charge in [-0.25, -0.2) is 18.4 Å². The SMILES string of the molecule is O=C(O)c1cc(F)c(CN(C(=O)N2CCOCC2)c2ccccc2)c(F)c1. The van der Waals surface area contributed by atoms with E-state index >= 15 is 0 Å². The van der Waals surface area contributed by atoms with E-state index in [1.807, 2.05) is 0 Å². The monoisotopic (exact) mass is 376 g/mol. The number of morpholine rings is 1. The highest BCUT2D eigenvalue weighted by Crippen LogP contribution is 2.23. The van der Waals surface area contributed by atoms with Gasteiger partial charge in [0.05, 0.1) is 25.3 Å². The second-order valence-corrected chi connectivity index (χ2v) is 6.03. The number of halogens is 2. The van der Waals surface area contributed by atoms with Crippen molar-refractivity contribution in [3.05, 3.63) is 65.2 Å². The molecule has 0 aromatic heterocycles. The first-order valence-corrected chi connectivity index (χ1v) is 8.38. The zero-order chi connectivity index (χ0) is 19.4. The zero-order valence-corrected chi connectivity index (χ0v) is 14.4. The quantitative estimate of drug-likeness (QED) is 0.890. The Hall–Kier alpha value is -3.00. The van der Waals surface area contributed by atoms with Crippen LogP contribution < -0.4 is 4.90 Å². The molecule has 2 aromatic rings. The van der Waals surface area contributed by atoms with Crippen LogP contribution in [0.1, 0.15) is 15.9 Å². The summed E-state index contributed by atoms with van der Waals surface area (Å²) in [6.45, 7) is 1.18. The Kier molecular flexibility index (Phi) is 5.66. The van der Waals surface area contributed by atoms with Crippen molar-refractivity contribution in [1.82, 2.24) is 4.90 Å². The van der Waals surface area contributed by atoms with Crippen LogP contribution >= 0.6 is 0 Å². The topological polar surface area (TPSA) is 70.1 Å². The molecule has 0 aliphatic carbocycles. The molecule has 1 N–H and O–H groups in total. The molecule has 1 heterocycles. The van der Waals surface area contributed by atoms with Crippen LogP contribution in [0.25, 0.3) is 0 Å². The Morgan fingerprint density at radius 1 is 1.07 bits per heavy atom. The van der Waals surface area contributed by atoms with E-state index in [1.54, 1.807) is 35.2 Å². The number of carbonyl (C=O) groups excluding carboxylic acids is 1. The van der Waals surface area contributed by atoms with Gasteiger partial charge in [0.2, 0.25) is 0 Å². The molecule has 2 amide bonds. The summed E-state index contributed by atoms with van der Waals surface area (Å²) < 4.78 is 34.0. The molecule has 0 saturated carbocycles. The third-order valence-electron chi connectivity index (χ3n) is 4.28. The average molecular weight is 376 g/mol. The van der Waals surface area contributed by atoms with Gasteiger partial charge in [-0.05, 0) is 24.3 Å². The van der Waals surface area contributed by atoms with Crippen LogP contribution in [0.3, 0.4) is 0 Å². The molecule has 142 valence electrons. The second kappa shape index (κ2) is 8.13. The smallest absolute Gasteiger partial charge is 0.335 e. The minimum Gasteiger partial charge on any atom is -0.478 e. The fourth-order valence-corrected chi connectivity index (χ4v) is 2.84. The molecule has 0 spiro atoms. The summed E-state index contributed by atoms with van der Waals surface area (Å²) in [6.07, 6.45) is 0. The zero-order valence-electron chi connectivity index (χ0n) is 14.4. The average Bonchev–Trinajstić information content (AvgIpc) is 2.68. The lowest BCUT2D eigenvalue weighted by molar-refractivity contribution is 0.0547. The molecule has 1 aliphatic heterocycles. The van der Waals surface area contributed by atoms with Gasteiger partial charge in [-0.2, -0.15) is 0 Å². The normalized spacial score (nSPS) is 14.1. The van der Waals surface area contributed by atoms with Gasteiger partial charge >= 0.3 is 12.0 Å². The Labute approximate surface area is 154 Å². The predicted molar refractivity (Wildman–Crippen MR) is 93.7 cm³/mol. The van der Waals surface area contributed by atoms with Crippen molar-refractivity contribution in [2.45, 2.75) is 6.54 Å². The molecule has 0 atom stereocenters. The molecule has 2 aromatic carbocycles. The van der Waals surface area contributed by atoms with E-state index in [0.29, 0.717) is 32.0 Å². The van der Waals surface area contributed by atoms with Crippen LogP contribution in [0.4, 0.5) is 19.3 Å². The highest BCUT2D eigenvalue weighted by atomic mass is 19.1. The third-order valence-corrected chi connectivity index (χ3v) is 4.28. The number of ether oxygens (including phenoxy) is 1. The van der Waals surface area contributed by atoms with Crippen molar-refractivity contribution >= 4 is 17.7 Å². The molecule has 0 radical (unpaired) electrons. The van der Waals surface area contributed by atoms with E-state index in [0.717, 1.165) is 12.1 Å². The van der Waals surface area contributed by atoms with E-state index < -0.39 is 29.2 Å². The molecule has 8 heteroatoms. The molecule has 3 rings (SSSR count). The first kappa shape index (κ1) is 18.8. The van der Waals surface area contributed by atoms with E-state index in [9.17, 15) is 18.4 Å². The molecule has 0 bridgehead atoms. The maximum atomic E-state index is 14.4. The van der Waals surface area contributed by atoms with Crippen molar-refractivity contribution < 1.29 is 28.2 Å². The number of amides is 2. The summed E-state index contributed by atoms with van der Waals surface area (Å²) in [5, 5.41) is 8.93. The summed E-state index contributed by atoms with van der Waals surface area (Å²) in [6, 6.07) is 9.64. The highest BCUT2D eigenvalue weighted by molar-refractivity contribution is 5.92. The number of urea groups is 1. The fourth-order valence-electron chi connectivity index (χ4n) is 2.84. The molecule has 6 nitrogen and oxygen atoms in total. The summed E-state index contributed by atoms with van der Waals surface area (Å²) >= 11 is 0. The molecule has 1 fully saturated rings. The number of aromatic carboxylic acids is 1. The molecular weight excluding hydrogens is 358 g/mol. The van der Waals surface area contributed by atoms with Gasteiger partial charge in [0, 0.05) is 24.3 Å². The highest BCUT2D eigenvalue weighted by Gasteiger charge is 2.26. The van der Waals surface area contributed by atoms with Gasteiger partial charge in [-0.15, -0.1) is 0 Å². The number of hydrogen-bond donors (Lipinski definition) is 1. The number of carbonyl (C=O) groups is 2. The summed E-state index contributed by atoms with van der Waals surface area (Å²) in [4.78, 5) is 26.7. The minimum atomic E-state index is -1.43. The number of nitrogens with zero attached hydrogens (tertiary/aromatic N) is 2. The first-order valence-electron chi connectivity index (χ1n) is 8.38. The van der Waals surface area contributed by atoms with Crippen LogP contribution in [0, 0.1) is 11.6 Å². The Morgan fingerprint density at radius 2 is 1.67 bits per heavy atom. The van der Waals surface area contributed by atoms with Gasteiger partial charge in [-0.3, -0.25) is 4.90 Å². The molecule has 27 heavy (non-hydrogen) atoms. The van der Waals surface area contributed by atoms with Gasteiger partial charge in [0.25, 0.3) is 0 Å². The molecular formula is C19H18F2N2O4. The van der Waals surface area contributed by atoms with Gasteiger partial charge < -0.3 is 14.7 Å². The van der Waals surface area contributed by atoms with E-state index in [-0.39, 0.29) is 12.1 Å². The Morgan fingerprint density at radius 3 is 2.22 bits per heavy atom. The van der Waals surface area contributed by atoms with E-state index in [4.69, 9.17) is 9.84 Å². The maximum Gasteiger partial charge on any atom is 0.335 e. The summed E-state index contributed by atoms with van der Waals surface area (Å²) in [5.41, 5.74) is -0.375. The van der Waals surface area contributed by atoms with Crippen molar-refractivity contribution in [1.29, 1.82) is 0 Å². The van der Waals surface area contributed by atoms with E-state index in [1.165, 1.54) is 4.90 Å². The van der Waals surface area contributed by atoms with Crippen LogP contribution in [-0.2, 0) is 11.3 Å². The van der Waals surface area contributed by atoms with Crippen molar-refractivity contribution in [3.8, 4) is 0 Å². The number of carboxylic acids is 1. The summed E-state index contributed by atoms with van der Waals surface area (Å²) in [5.74, 6) is -3.45. The van der Waals surface area contributed by atoms with Gasteiger partial charge in [-0.1, -0.05) is 18.2 Å². The maximum absolute atomic E-state index is 14.4. The summed E-state index contributed by atoms with van der Waals surface area (Å²) in [7, 11) is 0. The molecule has 0 unspecified atom stereocenters. The number of anilines is 1. The minimum absolute atomic E-state index is 0.363. The number of benzene rings is 2. The third kappa shape index (κ3) is 4.22. The van der Waals surface area contributed by atoms with Crippen molar-refractivity contribution in [3.63, 3.8) is 0 Å². The lowest BCUT2D eigenvalue weighted by Gasteiger charge is -2.33. The van der Waals surface area contributed by atoms with Gasteiger partial charge in [0.1, 0.15) is 11.6 Å². The molecule has 1 aliphatic rings. The number of para-hydroxylation sites is 1. The van der Waals surface area contributed by atoms with Crippen molar-refractivity contribution in [2.24, 2.45) is 0 Å².